The highest BCUT2D eigenvalue weighted by Gasteiger charge is 2.29. The SMILES string of the molecule is CCOc1ccccc1NC(=O)CSCC(=O)c1ccc2c(c1)N(C)C(=O)C(C)O2. The van der Waals surface area contributed by atoms with E-state index in [4.69, 9.17) is 9.47 Å². The molecule has 1 unspecified atom stereocenters. The molecule has 8 heteroatoms. The van der Waals surface area contributed by atoms with Crippen molar-refractivity contribution in [3.63, 3.8) is 0 Å². The van der Waals surface area contributed by atoms with Crippen LogP contribution in [0.2, 0.25) is 0 Å². The summed E-state index contributed by atoms with van der Waals surface area (Å²) in [5.41, 5.74) is 1.65. The highest BCUT2D eigenvalue weighted by molar-refractivity contribution is 8.00. The van der Waals surface area contributed by atoms with Crippen molar-refractivity contribution in [3.05, 3.63) is 48.0 Å². The Morgan fingerprint density at radius 1 is 1.20 bits per heavy atom. The Balaban J connectivity index is 1.55. The Bertz CT molecular complexity index is 962. The van der Waals surface area contributed by atoms with Crippen LogP contribution in [0.3, 0.4) is 0 Å². The number of thioether (sulfide) groups is 1. The summed E-state index contributed by atoms with van der Waals surface area (Å²) in [6.45, 7) is 4.07. The number of hydrogen-bond donors (Lipinski definition) is 1. The largest absolute Gasteiger partial charge is 0.492 e. The molecule has 1 atom stereocenters. The molecule has 0 aliphatic carbocycles. The first-order valence-corrected chi connectivity index (χ1v) is 10.8. The van der Waals surface area contributed by atoms with Gasteiger partial charge in [-0.05, 0) is 44.2 Å². The van der Waals surface area contributed by atoms with Crippen LogP contribution in [0.4, 0.5) is 11.4 Å². The molecule has 3 rings (SSSR count). The maximum Gasteiger partial charge on any atom is 0.267 e. The minimum atomic E-state index is -0.550. The molecule has 2 aromatic carbocycles. The van der Waals surface area contributed by atoms with Gasteiger partial charge in [-0.3, -0.25) is 14.4 Å². The minimum absolute atomic E-state index is 0.121. The molecule has 2 amide bonds. The van der Waals surface area contributed by atoms with Gasteiger partial charge in [0.2, 0.25) is 5.91 Å². The van der Waals surface area contributed by atoms with Crippen LogP contribution >= 0.6 is 11.8 Å². The van der Waals surface area contributed by atoms with Gasteiger partial charge in [0.25, 0.3) is 5.91 Å². The molecule has 0 fully saturated rings. The van der Waals surface area contributed by atoms with Gasteiger partial charge >= 0.3 is 0 Å². The second-order valence-electron chi connectivity index (χ2n) is 6.73. The quantitative estimate of drug-likeness (QED) is 0.649. The number of ether oxygens (including phenoxy) is 2. The van der Waals surface area contributed by atoms with Crippen molar-refractivity contribution in [2.75, 3.05) is 35.4 Å². The van der Waals surface area contributed by atoms with Gasteiger partial charge in [-0.1, -0.05) is 12.1 Å². The Morgan fingerprint density at radius 2 is 1.97 bits per heavy atom. The molecule has 0 saturated heterocycles. The molecule has 0 aromatic heterocycles. The summed E-state index contributed by atoms with van der Waals surface area (Å²) in [5.74, 6) is 0.970. The van der Waals surface area contributed by atoms with E-state index >= 15 is 0 Å². The molecule has 7 nitrogen and oxygen atoms in total. The van der Waals surface area contributed by atoms with Gasteiger partial charge in [-0.15, -0.1) is 11.8 Å². The predicted molar refractivity (Wildman–Crippen MR) is 118 cm³/mol. The zero-order valence-electron chi connectivity index (χ0n) is 17.1. The van der Waals surface area contributed by atoms with Crippen molar-refractivity contribution >= 4 is 40.7 Å². The molecule has 158 valence electrons. The van der Waals surface area contributed by atoms with Crippen LogP contribution in [0.25, 0.3) is 0 Å². The number of carbonyl (C=O) groups excluding carboxylic acids is 3. The number of para-hydroxylation sites is 2. The van der Waals surface area contributed by atoms with Crippen LogP contribution in [0.5, 0.6) is 11.5 Å². The van der Waals surface area contributed by atoms with Crippen LogP contribution in [0.15, 0.2) is 42.5 Å². The third kappa shape index (κ3) is 4.94. The summed E-state index contributed by atoms with van der Waals surface area (Å²) in [5, 5.41) is 2.81. The summed E-state index contributed by atoms with van der Waals surface area (Å²) in [4.78, 5) is 38.4. The van der Waals surface area contributed by atoms with E-state index in [0.717, 1.165) is 0 Å². The van der Waals surface area contributed by atoms with E-state index in [1.807, 2.05) is 19.1 Å². The van der Waals surface area contributed by atoms with E-state index in [2.05, 4.69) is 5.32 Å². The Labute approximate surface area is 179 Å². The molecular weight excluding hydrogens is 404 g/mol. The maximum atomic E-state index is 12.5. The summed E-state index contributed by atoms with van der Waals surface area (Å²) >= 11 is 1.23. The molecule has 1 aliphatic rings. The first kappa shape index (κ1) is 21.7. The third-order valence-electron chi connectivity index (χ3n) is 4.55. The molecule has 0 spiro atoms. The summed E-state index contributed by atoms with van der Waals surface area (Å²) in [6, 6.07) is 12.2. The van der Waals surface area contributed by atoms with E-state index in [1.165, 1.54) is 16.7 Å². The van der Waals surface area contributed by atoms with Crippen LogP contribution in [0, 0.1) is 0 Å². The van der Waals surface area contributed by atoms with E-state index in [-0.39, 0.29) is 29.1 Å². The van der Waals surface area contributed by atoms with Crippen LogP contribution in [-0.4, -0.2) is 48.9 Å². The topological polar surface area (TPSA) is 84.9 Å². The lowest BCUT2D eigenvalue weighted by Crippen LogP contribution is -2.42. The second-order valence-corrected chi connectivity index (χ2v) is 7.72. The molecular formula is C22H24N2O5S. The van der Waals surface area contributed by atoms with Crippen molar-refractivity contribution in [2.24, 2.45) is 0 Å². The zero-order valence-corrected chi connectivity index (χ0v) is 18.0. The molecule has 0 saturated carbocycles. The first-order chi connectivity index (χ1) is 14.4. The lowest BCUT2D eigenvalue weighted by Gasteiger charge is -2.30. The van der Waals surface area contributed by atoms with E-state index in [0.29, 0.717) is 35.0 Å². The van der Waals surface area contributed by atoms with Crippen LogP contribution in [0.1, 0.15) is 24.2 Å². The standard InChI is InChI=1S/C22H24N2O5S/c1-4-28-19-8-6-5-7-16(19)23-21(26)13-30-12-18(25)15-9-10-20-17(11-15)24(3)22(27)14(2)29-20/h5-11,14H,4,12-13H2,1-3H3,(H,23,26). The molecule has 0 bridgehead atoms. The number of rotatable bonds is 8. The Morgan fingerprint density at radius 3 is 2.73 bits per heavy atom. The van der Waals surface area contributed by atoms with E-state index in [1.54, 1.807) is 44.3 Å². The summed E-state index contributed by atoms with van der Waals surface area (Å²) in [6.07, 6.45) is -0.550. The van der Waals surface area contributed by atoms with Crippen molar-refractivity contribution < 1.29 is 23.9 Å². The number of anilines is 2. The van der Waals surface area contributed by atoms with Gasteiger partial charge in [-0.2, -0.15) is 0 Å². The number of nitrogens with one attached hydrogen (secondary N) is 1. The minimum Gasteiger partial charge on any atom is -0.492 e. The van der Waals surface area contributed by atoms with E-state index in [9.17, 15) is 14.4 Å². The van der Waals surface area contributed by atoms with Crippen molar-refractivity contribution in [1.29, 1.82) is 0 Å². The average molecular weight is 429 g/mol. The molecule has 2 aromatic rings. The van der Waals surface area contributed by atoms with Gasteiger partial charge in [0.05, 0.1) is 29.5 Å². The van der Waals surface area contributed by atoms with Gasteiger partial charge in [0.1, 0.15) is 11.5 Å². The number of fused-ring (bicyclic) bond motifs is 1. The van der Waals surface area contributed by atoms with Crippen LogP contribution < -0.4 is 19.7 Å². The number of likely N-dealkylation sites (N-methyl/N-ethyl adjacent to an activating group) is 1. The monoisotopic (exact) mass is 428 g/mol. The zero-order chi connectivity index (χ0) is 21.7. The summed E-state index contributed by atoms with van der Waals surface area (Å²) in [7, 11) is 1.66. The number of ketones is 1. The second kappa shape index (κ2) is 9.67. The summed E-state index contributed by atoms with van der Waals surface area (Å²) < 4.78 is 11.1. The first-order valence-electron chi connectivity index (χ1n) is 9.61. The van der Waals surface area contributed by atoms with E-state index < -0.39 is 6.10 Å². The number of Topliss-reactive ketones (excluding diaryl/α,β-unsaturated/α-hetero) is 1. The number of benzene rings is 2. The Hall–Kier alpha value is -3.00. The third-order valence-corrected chi connectivity index (χ3v) is 5.48. The number of nitrogens with zero attached hydrogens (tertiary/aromatic N) is 1. The van der Waals surface area contributed by atoms with Gasteiger partial charge in [0.15, 0.2) is 11.9 Å². The van der Waals surface area contributed by atoms with Crippen LogP contribution in [-0.2, 0) is 9.59 Å². The van der Waals surface area contributed by atoms with Crippen molar-refractivity contribution in [2.45, 2.75) is 20.0 Å². The van der Waals surface area contributed by atoms with Gasteiger partial charge in [0, 0.05) is 12.6 Å². The number of carbonyl (C=O) groups is 3. The fraction of sp³-hybridized carbons (Fsp3) is 0.318. The highest BCUT2D eigenvalue weighted by Crippen LogP contribution is 2.34. The predicted octanol–water partition coefficient (Wildman–Crippen LogP) is 3.38. The van der Waals surface area contributed by atoms with Gasteiger partial charge in [-0.25, -0.2) is 0 Å². The van der Waals surface area contributed by atoms with Gasteiger partial charge < -0.3 is 19.7 Å². The van der Waals surface area contributed by atoms with Crippen molar-refractivity contribution in [1.82, 2.24) is 0 Å². The maximum absolute atomic E-state index is 12.5. The molecule has 1 N–H and O–H groups in total. The lowest BCUT2D eigenvalue weighted by molar-refractivity contribution is -0.125. The fourth-order valence-corrected chi connectivity index (χ4v) is 3.75. The highest BCUT2D eigenvalue weighted by atomic mass is 32.2. The average Bonchev–Trinajstić information content (AvgIpc) is 2.73. The fourth-order valence-electron chi connectivity index (χ4n) is 3.04. The lowest BCUT2D eigenvalue weighted by atomic mass is 10.1. The smallest absolute Gasteiger partial charge is 0.267 e. The number of amides is 2. The molecule has 0 radical (unpaired) electrons. The molecule has 1 heterocycles. The molecule has 1 aliphatic heterocycles. The molecule has 30 heavy (non-hydrogen) atoms. The normalized spacial score (nSPS) is 15.2. The van der Waals surface area contributed by atoms with Crippen molar-refractivity contribution in [3.8, 4) is 11.5 Å². The Kier molecular flexibility index (Phi) is 6.99. The number of hydrogen-bond acceptors (Lipinski definition) is 6.